The van der Waals surface area contributed by atoms with Crippen LogP contribution in [0.5, 0.6) is 0 Å². The van der Waals surface area contributed by atoms with Crippen molar-refractivity contribution >= 4 is 17.3 Å². The van der Waals surface area contributed by atoms with Gasteiger partial charge >= 0.3 is 6.18 Å². The third-order valence-electron chi connectivity index (χ3n) is 3.86. The van der Waals surface area contributed by atoms with E-state index in [1.54, 1.807) is 7.05 Å². The molecule has 0 radical (unpaired) electrons. The molecule has 0 spiro atoms. The van der Waals surface area contributed by atoms with Crippen molar-refractivity contribution in [2.24, 2.45) is 4.99 Å². The average molecular weight is 379 g/mol. The fourth-order valence-electron chi connectivity index (χ4n) is 2.34. The van der Waals surface area contributed by atoms with Gasteiger partial charge in [-0.05, 0) is 39.4 Å². The van der Waals surface area contributed by atoms with Gasteiger partial charge in [0.1, 0.15) is 5.01 Å². The maximum Gasteiger partial charge on any atom is 0.434 e. The van der Waals surface area contributed by atoms with Crippen molar-refractivity contribution in [2.75, 3.05) is 26.7 Å². The van der Waals surface area contributed by atoms with Crippen LogP contribution in [0.1, 0.15) is 44.3 Å². The molecule has 0 aliphatic heterocycles. The van der Waals surface area contributed by atoms with E-state index in [1.165, 1.54) is 0 Å². The van der Waals surface area contributed by atoms with E-state index in [1.807, 2.05) is 0 Å². The van der Waals surface area contributed by atoms with Crippen LogP contribution in [0.4, 0.5) is 13.2 Å². The Morgan fingerprint density at radius 2 is 2.04 bits per heavy atom. The number of aromatic nitrogens is 1. The van der Waals surface area contributed by atoms with Crippen LogP contribution in [0.2, 0.25) is 0 Å². The Kier molecular flexibility index (Phi) is 9.20. The van der Waals surface area contributed by atoms with Gasteiger partial charge in [0.25, 0.3) is 0 Å². The molecular weight excluding hydrogens is 351 g/mol. The van der Waals surface area contributed by atoms with Crippen molar-refractivity contribution < 1.29 is 13.2 Å². The Balaban J connectivity index is 2.38. The zero-order valence-corrected chi connectivity index (χ0v) is 16.1. The first-order valence-electron chi connectivity index (χ1n) is 8.51. The topological polar surface area (TPSA) is 52.5 Å². The van der Waals surface area contributed by atoms with E-state index in [9.17, 15) is 13.2 Å². The zero-order chi connectivity index (χ0) is 18.9. The van der Waals surface area contributed by atoms with Gasteiger partial charge in [-0.15, -0.1) is 11.3 Å². The highest BCUT2D eigenvalue weighted by atomic mass is 32.1. The first kappa shape index (κ1) is 21.7. The molecule has 1 rings (SSSR count). The van der Waals surface area contributed by atoms with Gasteiger partial charge in [0.2, 0.25) is 0 Å². The van der Waals surface area contributed by atoms with Gasteiger partial charge in [0.05, 0.1) is 6.54 Å². The highest BCUT2D eigenvalue weighted by Crippen LogP contribution is 2.29. The van der Waals surface area contributed by atoms with Crippen molar-refractivity contribution in [3.8, 4) is 0 Å². The minimum absolute atomic E-state index is 0.215. The van der Waals surface area contributed by atoms with Gasteiger partial charge in [-0.1, -0.05) is 13.8 Å². The van der Waals surface area contributed by atoms with Crippen LogP contribution in [0.25, 0.3) is 0 Å². The fourth-order valence-corrected chi connectivity index (χ4v) is 3.08. The average Bonchev–Trinajstić information content (AvgIpc) is 3.04. The molecule has 1 heterocycles. The molecule has 5 nitrogen and oxygen atoms in total. The van der Waals surface area contributed by atoms with E-state index >= 15 is 0 Å². The van der Waals surface area contributed by atoms with Crippen LogP contribution in [0, 0.1) is 0 Å². The first-order valence-corrected chi connectivity index (χ1v) is 9.39. The molecule has 0 bridgehead atoms. The highest BCUT2D eigenvalue weighted by Gasteiger charge is 2.33. The summed E-state index contributed by atoms with van der Waals surface area (Å²) >= 11 is 0.988. The lowest BCUT2D eigenvalue weighted by Gasteiger charge is -2.21. The minimum Gasteiger partial charge on any atom is -0.354 e. The number of hydrogen-bond acceptors (Lipinski definition) is 4. The van der Waals surface area contributed by atoms with Crippen LogP contribution in [0.15, 0.2) is 10.4 Å². The zero-order valence-electron chi connectivity index (χ0n) is 15.3. The highest BCUT2D eigenvalue weighted by molar-refractivity contribution is 7.09. The smallest absolute Gasteiger partial charge is 0.354 e. The standard InChI is InChI=1S/C16H28F3N5S/c1-5-24(6-2)9-7-8-12(3)22-15(20-4)21-10-14-23-13(11-25-14)16(17,18)19/h11-12H,5-10H2,1-4H3,(H2,20,21,22). The molecule has 1 unspecified atom stereocenters. The van der Waals surface area contributed by atoms with E-state index < -0.39 is 11.9 Å². The molecule has 2 N–H and O–H groups in total. The number of alkyl halides is 3. The largest absolute Gasteiger partial charge is 0.434 e. The minimum atomic E-state index is -4.39. The Morgan fingerprint density at radius 3 is 2.56 bits per heavy atom. The summed E-state index contributed by atoms with van der Waals surface area (Å²) < 4.78 is 37.6. The predicted octanol–water partition coefficient (Wildman–Crippen LogP) is 3.34. The molecule has 1 aromatic rings. The number of halogens is 3. The summed E-state index contributed by atoms with van der Waals surface area (Å²) in [5.74, 6) is 0.569. The Hall–Kier alpha value is -1.35. The molecule has 0 aliphatic rings. The molecule has 0 fully saturated rings. The normalized spacial score (nSPS) is 14.0. The van der Waals surface area contributed by atoms with Crippen LogP contribution < -0.4 is 10.6 Å². The molecule has 0 saturated heterocycles. The van der Waals surface area contributed by atoms with Gasteiger partial charge in [-0.2, -0.15) is 13.2 Å². The second-order valence-corrected chi connectivity index (χ2v) is 6.71. The van der Waals surface area contributed by atoms with Crippen molar-refractivity contribution in [3.05, 3.63) is 16.1 Å². The Bertz CT molecular complexity index is 526. The van der Waals surface area contributed by atoms with Crippen LogP contribution in [0.3, 0.4) is 0 Å². The number of hydrogen-bond donors (Lipinski definition) is 2. The third-order valence-corrected chi connectivity index (χ3v) is 4.71. The maximum absolute atomic E-state index is 12.5. The van der Waals surface area contributed by atoms with Gasteiger partial charge in [0, 0.05) is 18.5 Å². The quantitative estimate of drug-likeness (QED) is 0.510. The van der Waals surface area contributed by atoms with Crippen molar-refractivity contribution in [1.82, 2.24) is 20.5 Å². The summed E-state index contributed by atoms with van der Waals surface area (Å²) in [6.45, 7) is 9.75. The lowest BCUT2D eigenvalue weighted by Crippen LogP contribution is -2.42. The van der Waals surface area contributed by atoms with Crippen molar-refractivity contribution in [3.63, 3.8) is 0 Å². The number of thiazole rings is 1. The van der Waals surface area contributed by atoms with Crippen LogP contribution in [-0.4, -0.2) is 48.6 Å². The molecule has 0 aromatic carbocycles. The lowest BCUT2D eigenvalue weighted by atomic mass is 10.2. The Labute approximate surface area is 151 Å². The van der Waals surface area contributed by atoms with Crippen LogP contribution in [-0.2, 0) is 12.7 Å². The second-order valence-electron chi connectivity index (χ2n) is 5.76. The molecule has 0 saturated carbocycles. The first-order chi connectivity index (χ1) is 11.8. The summed E-state index contributed by atoms with van der Waals surface area (Å²) in [7, 11) is 1.64. The summed E-state index contributed by atoms with van der Waals surface area (Å²) in [6, 6.07) is 0.226. The predicted molar refractivity (Wildman–Crippen MR) is 96.9 cm³/mol. The molecule has 1 aromatic heterocycles. The lowest BCUT2D eigenvalue weighted by molar-refractivity contribution is -0.140. The van der Waals surface area contributed by atoms with Gasteiger partial charge in [-0.25, -0.2) is 4.98 Å². The van der Waals surface area contributed by atoms with Gasteiger partial charge in [0.15, 0.2) is 11.7 Å². The second kappa shape index (κ2) is 10.6. The molecule has 0 amide bonds. The van der Waals surface area contributed by atoms with Crippen LogP contribution >= 0.6 is 11.3 Å². The summed E-state index contributed by atoms with van der Waals surface area (Å²) in [6.07, 6.45) is -2.32. The van der Waals surface area contributed by atoms with E-state index in [-0.39, 0.29) is 12.6 Å². The van der Waals surface area contributed by atoms with Gasteiger partial charge in [-0.3, -0.25) is 4.99 Å². The van der Waals surface area contributed by atoms with E-state index in [0.29, 0.717) is 11.0 Å². The van der Waals surface area contributed by atoms with E-state index in [0.717, 1.165) is 49.2 Å². The third kappa shape index (κ3) is 8.04. The van der Waals surface area contributed by atoms with E-state index in [4.69, 9.17) is 0 Å². The molecule has 144 valence electrons. The fraction of sp³-hybridized carbons (Fsp3) is 0.750. The SMILES string of the molecule is CCN(CC)CCCC(C)NC(=NC)NCc1nc(C(F)(F)F)cs1. The van der Waals surface area contributed by atoms with Crippen molar-refractivity contribution in [1.29, 1.82) is 0 Å². The summed E-state index contributed by atoms with van der Waals surface area (Å²) in [5, 5.41) is 7.68. The number of nitrogens with zero attached hydrogens (tertiary/aromatic N) is 3. The molecule has 1 atom stereocenters. The summed E-state index contributed by atoms with van der Waals surface area (Å²) in [5.41, 5.74) is -0.845. The molecule has 25 heavy (non-hydrogen) atoms. The number of aliphatic imine (C=N–C) groups is 1. The summed E-state index contributed by atoms with van der Waals surface area (Å²) in [4.78, 5) is 10.1. The number of guanidine groups is 1. The van der Waals surface area contributed by atoms with Gasteiger partial charge < -0.3 is 15.5 Å². The van der Waals surface area contributed by atoms with E-state index in [2.05, 4.69) is 46.3 Å². The molecular formula is C16H28F3N5S. The Morgan fingerprint density at radius 1 is 1.36 bits per heavy atom. The van der Waals surface area contributed by atoms with Crippen molar-refractivity contribution in [2.45, 2.75) is 52.4 Å². The maximum atomic E-state index is 12.5. The molecule has 0 aliphatic carbocycles. The number of nitrogens with one attached hydrogen (secondary N) is 2. The molecule has 9 heteroatoms. The monoisotopic (exact) mass is 379 g/mol. The number of rotatable bonds is 9.